The molecule has 0 saturated carbocycles. The molecule has 2 rings (SSSR count). The maximum Gasteiger partial charge on any atom is 0.240 e. The number of hydrogen-bond donors (Lipinski definition) is 0. The smallest absolute Gasteiger partial charge is 0.211 e. The lowest BCUT2D eigenvalue weighted by atomic mass is 10.3. The van der Waals surface area contributed by atoms with Gasteiger partial charge in [-0.1, -0.05) is 0 Å². The van der Waals surface area contributed by atoms with Gasteiger partial charge < -0.3 is 0 Å². The van der Waals surface area contributed by atoms with Gasteiger partial charge in [-0.3, -0.25) is 0 Å². The summed E-state index contributed by atoms with van der Waals surface area (Å²) in [6, 6.07) is 5.15. The van der Waals surface area contributed by atoms with Crippen LogP contribution in [0.2, 0.25) is 0 Å². The second-order valence-corrected chi connectivity index (χ2v) is 2.57. The first kappa shape index (κ1) is 7.64. The molecule has 5 heteroatoms. The molecule has 0 N–H and O–H groups in total. The summed E-state index contributed by atoms with van der Waals surface area (Å²) in [5.74, 6) is 0. The average molecular weight is 174 g/mol. The van der Waals surface area contributed by atoms with Gasteiger partial charge in [-0.25, -0.2) is 4.79 Å². The fourth-order valence-electron chi connectivity index (χ4n) is 1.13. The van der Waals surface area contributed by atoms with Gasteiger partial charge in [-0.05, 0) is 18.2 Å². The summed E-state index contributed by atoms with van der Waals surface area (Å²) in [7, 11) is 1.74. The fourth-order valence-corrected chi connectivity index (χ4v) is 1.13. The monoisotopic (exact) mass is 174 g/mol. The van der Waals surface area contributed by atoms with Crippen LogP contribution in [0.15, 0.2) is 23.2 Å². The van der Waals surface area contributed by atoms with Gasteiger partial charge in [0.2, 0.25) is 6.08 Å². The Balaban J connectivity index is 2.67. The van der Waals surface area contributed by atoms with Crippen molar-refractivity contribution in [3.05, 3.63) is 18.2 Å². The van der Waals surface area contributed by atoms with E-state index in [0.29, 0.717) is 5.69 Å². The molecule has 1 heterocycles. The van der Waals surface area contributed by atoms with Crippen LogP contribution in [0.25, 0.3) is 11.0 Å². The number of carbonyl (C=O) groups excluding carboxylic acids is 1. The highest BCUT2D eigenvalue weighted by Crippen LogP contribution is 2.17. The highest BCUT2D eigenvalue weighted by atomic mass is 16.1. The molecule has 0 amide bonds. The molecule has 0 aliphatic heterocycles. The molecule has 1 aromatic heterocycles. The van der Waals surface area contributed by atoms with Crippen LogP contribution < -0.4 is 0 Å². The molecule has 0 saturated heterocycles. The van der Waals surface area contributed by atoms with Gasteiger partial charge in [0.1, 0.15) is 11.0 Å². The molecular formula is C8H6N4O. The minimum atomic E-state index is 0.544. The van der Waals surface area contributed by atoms with E-state index in [2.05, 4.69) is 15.2 Å². The molecule has 0 atom stereocenters. The number of nitrogens with zero attached hydrogens (tertiary/aromatic N) is 4. The summed E-state index contributed by atoms with van der Waals surface area (Å²) in [5, 5.41) is 8.15. The number of hydrogen-bond acceptors (Lipinski definition) is 4. The first-order chi connectivity index (χ1) is 6.29. The van der Waals surface area contributed by atoms with Crippen LogP contribution in [0.5, 0.6) is 0 Å². The summed E-state index contributed by atoms with van der Waals surface area (Å²) in [5.41, 5.74) is 2.05. The Morgan fingerprint density at radius 1 is 1.38 bits per heavy atom. The van der Waals surface area contributed by atoms with Crippen molar-refractivity contribution >= 4 is 22.8 Å². The summed E-state index contributed by atoms with van der Waals surface area (Å²) in [4.78, 5) is 14.9. The standard InChI is InChI=1S/C8H6N4O/c1-12-10-7-3-2-6(9-5-13)4-8(7)11-12/h2-4H,1H3. The quantitative estimate of drug-likeness (QED) is 0.477. The van der Waals surface area contributed by atoms with Crippen LogP contribution in [0.3, 0.4) is 0 Å². The SMILES string of the molecule is Cn1nc2ccc(N=C=O)cc2n1. The van der Waals surface area contributed by atoms with Crippen LogP contribution in [0, 0.1) is 0 Å². The van der Waals surface area contributed by atoms with Crippen molar-refractivity contribution in [1.29, 1.82) is 0 Å². The Labute approximate surface area is 73.7 Å². The van der Waals surface area contributed by atoms with E-state index in [0.717, 1.165) is 11.0 Å². The van der Waals surface area contributed by atoms with E-state index >= 15 is 0 Å². The van der Waals surface area contributed by atoms with Crippen molar-refractivity contribution in [3.63, 3.8) is 0 Å². The zero-order valence-corrected chi connectivity index (χ0v) is 6.93. The number of benzene rings is 1. The van der Waals surface area contributed by atoms with E-state index in [9.17, 15) is 4.79 Å². The van der Waals surface area contributed by atoms with Crippen LogP contribution >= 0.6 is 0 Å². The average Bonchev–Trinajstić information content (AvgIpc) is 2.44. The van der Waals surface area contributed by atoms with E-state index in [1.54, 1.807) is 25.2 Å². The molecule has 0 unspecified atom stereocenters. The Morgan fingerprint density at radius 3 is 2.92 bits per heavy atom. The number of aryl methyl sites for hydroxylation is 1. The van der Waals surface area contributed by atoms with Crippen LogP contribution in [-0.2, 0) is 11.8 Å². The van der Waals surface area contributed by atoms with E-state index in [4.69, 9.17) is 0 Å². The molecule has 2 aromatic rings. The molecular weight excluding hydrogens is 168 g/mol. The molecule has 0 aliphatic rings. The summed E-state index contributed by atoms with van der Waals surface area (Å²) in [6.45, 7) is 0. The van der Waals surface area contributed by atoms with E-state index in [1.165, 1.54) is 10.9 Å². The van der Waals surface area contributed by atoms with E-state index in [1.807, 2.05) is 0 Å². The van der Waals surface area contributed by atoms with Crippen molar-refractivity contribution in [2.45, 2.75) is 0 Å². The van der Waals surface area contributed by atoms with E-state index in [-0.39, 0.29) is 0 Å². The minimum Gasteiger partial charge on any atom is -0.211 e. The second kappa shape index (κ2) is 2.80. The summed E-state index contributed by atoms with van der Waals surface area (Å²) >= 11 is 0. The summed E-state index contributed by atoms with van der Waals surface area (Å²) in [6.07, 6.45) is 1.48. The maximum atomic E-state index is 9.98. The van der Waals surface area contributed by atoms with Gasteiger partial charge in [0.25, 0.3) is 0 Å². The molecule has 0 fully saturated rings. The van der Waals surface area contributed by atoms with Crippen molar-refractivity contribution < 1.29 is 4.79 Å². The van der Waals surface area contributed by atoms with Crippen LogP contribution in [-0.4, -0.2) is 21.1 Å². The lowest BCUT2D eigenvalue weighted by Crippen LogP contribution is -1.90. The van der Waals surface area contributed by atoms with Gasteiger partial charge in [0, 0.05) is 7.05 Å². The highest BCUT2D eigenvalue weighted by molar-refractivity contribution is 5.77. The van der Waals surface area contributed by atoms with Crippen LogP contribution in [0.1, 0.15) is 0 Å². The third kappa shape index (κ3) is 1.32. The Kier molecular flexibility index (Phi) is 1.65. The normalized spacial score (nSPS) is 9.92. The molecule has 0 radical (unpaired) electrons. The van der Waals surface area contributed by atoms with Crippen molar-refractivity contribution in [2.24, 2.45) is 12.0 Å². The topological polar surface area (TPSA) is 60.1 Å². The van der Waals surface area contributed by atoms with Crippen molar-refractivity contribution in [2.75, 3.05) is 0 Å². The van der Waals surface area contributed by atoms with Crippen molar-refractivity contribution in [3.8, 4) is 0 Å². The molecule has 64 valence electrons. The Bertz CT molecular complexity index is 496. The van der Waals surface area contributed by atoms with Gasteiger partial charge in [-0.15, -0.1) is 0 Å². The predicted molar refractivity (Wildman–Crippen MR) is 46.3 cm³/mol. The van der Waals surface area contributed by atoms with E-state index < -0.39 is 0 Å². The first-order valence-electron chi connectivity index (χ1n) is 3.68. The number of fused-ring (bicyclic) bond motifs is 1. The number of aliphatic imine (C=N–C) groups is 1. The van der Waals surface area contributed by atoms with Gasteiger partial charge in [0.15, 0.2) is 0 Å². The predicted octanol–water partition coefficient (Wildman–Crippen LogP) is 0.936. The molecule has 13 heavy (non-hydrogen) atoms. The molecule has 5 nitrogen and oxygen atoms in total. The van der Waals surface area contributed by atoms with Crippen LogP contribution in [0.4, 0.5) is 5.69 Å². The first-order valence-corrected chi connectivity index (χ1v) is 3.68. The molecule has 0 bridgehead atoms. The Hall–Kier alpha value is -2.00. The third-order valence-corrected chi connectivity index (χ3v) is 1.64. The lowest BCUT2D eigenvalue weighted by molar-refractivity contribution is 0.565. The largest absolute Gasteiger partial charge is 0.240 e. The minimum absolute atomic E-state index is 0.544. The zero-order valence-electron chi connectivity index (χ0n) is 6.93. The fraction of sp³-hybridized carbons (Fsp3) is 0.125. The van der Waals surface area contributed by atoms with Crippen molar-refractivity contribution in [1.82, 2.24) is 15.0 Å². The highest BCUT2D eigenvalue weighted by Gasteiger charge is 1.99. The second-order valence-electron chi connectivity index (χ2n) is 2.57. The number of isocyanates is 1. The molecule has 0 spiro atoms. The third-order valence-electron chi connectivity index (χ3n) is 1.64. The zero-order chi connectivity index (χ0) is 9.26. The molecule has 0 aliphatic carbocycles. The van der Waals surface area contributed by atoms with Gasteiger partial charge >= 0.3 is 0 Å². The molecule has 1 aromatic carbocycles. The number of rotatable bonds is 1. The maximum absolute atomic E-state index is 9.98. The van der Waals surface area contributed by atoms with Gasteiger partial charge in [-0.2, -0.15) is 20.0 Å². The summed E-state index contributed by atoms with van der Waals surface area (Å²) < 4.78 is 0. The number of aromatic nitrogens is 3. The lowest BCUT2D eigenvalue weighted by Gasteiger charge is -1.86. The Morgan fingerprint density at radius 2 is 2.15 bits per heavy atom. The van der Waals surface area contributed by atoms with Gasteiger partial charge in [0.05, 0.1) is 5.69 Å².